The van der Waals surface area contributed by atoms with E-state index in [4.69, 9.17) is 0 Å². The third kappa shape index (κ3) is 1.51. The molecule has 0 saturated heterocycles. The number of fused-ring (bicyclic) bond motifs is 1. The summed E-state index contributed by atoms with van der Waals surface area (Å²) in [6, 6.07) is 0. The van der Waals surface area contributed by atoms with Crippen LogP contribution in [0, 0.1) is 27.7 Å². The predicted octanol–water partition coefficient (Wildman–Crippen LogP) is 3.36. The number of aryl methyl sites for hydroxylation is 3. The molecule has 2 aromatic heterocycles. The minimum Gasteiger partial charge on any atom is -0.234 e. The van der Waals surface area contributed by atoms with Gasteiger partial charge in [0, 0.05) is 5.56 Å². The van der Waals surface area contributed by atoms with E-state index in [1.807, 2.05) is 0 Å². The van der Waals surface area contributed by atoms with Gasteiger partial charge in [-0.3, -0.25) is 0 Å². The Bertz CT molecular complexity index is 631. The zero-order valence-electron chi connectivity index (χ0n) is 13.0. The second-order valence-electron chi connectivity index (χ2n) is 5.81. The second-order valence-corrected chi connectivity index (χ2v) is 5.81. The molecule has 18 heavy (non-hydrogen) atoms. The monoisotopic (exact) mass is 245 g/mol. The number of aromatic nitrogens is 2. The van der Waals surface area contributed by atoms with Gasteiger partial charge in [-0.1, -0.05) is 13.8 Å². The molecule has 2 heteroatoms. The van der Waals surface area contributed by atoms with Gasteiger partial charge >= 0.3 is 0 Å². The van der Waals surface area contributed by atoms with E-state index in [-0.39, 0.29) is 0 Å². The Morgan fingerprint density at radius 1 is 1.00 bits per heavy atom. The maximum absolute atomic E-state index is 2.34. The average molecular weight is 245 g/mol. The Kier molecular flexibility index (Phi) is 3.00. The highest BCUT2D eigenvalue weighted by Crippen LogP contribution is 2.33. The minimum absolute atomic E-state index is 0.564. The lowest BCUT2D eigenvalue weighted by atomic mass is 9.95. The normalized spacial score (nSPS) is 11.8. The first kappa shape index (κ1) is 13.1. The third-order valence-electron chi connectivity index (χ3n) is 4.58. The predicted molar refractivity (Wildman–Crippen MR) is 77.1 cm³/mol. The number of rotatable bonds is 1. The summed E-state index contributed by atoms with van der Waals surface area (Å²) in [4.78, 5) is 0. The van der Waals surface area contributed by atoms with E-state index in [0.29, 0.717) is 5.92 Å². The largest absolute Gasteiger partial charge is 0.289 e. The van der Waals surface area contributed by atoms with Gasteiger partial charge in [0.05, 0.1) is 19.5 Å². The molecule has 2 rings (SSSR count). The minimum atomic E-state index is 0.564. The molecule has 98 valence electrons. The van der Waals surface area contributed by atoms with Crippen LogP contribution in [-0.2, 0) is 14.1 Å². The lowest BCUT2D eigenvalue weighted by molar-refractivity contribution is -0.654. The summed E-state index contributed by atoms with van der Waals surface area (Å²) in [6.45, 7) is 13.5. The highest BCUT2D eigenvalue weighted by molar-refractivity contribution is 5.85. The maximum atomic E-state index is 2.34. The summed E-state index contributed by atoms with van der Waals surface area (Å²) >= 11 is 0. The topological polar surface area (TPSA) is 8.81 Å². The molecule has 0 aromatic carbocycles. The van der Waals surface area contributed by atoms with Crippen LogP contribution in [0.3, 0.4) is 0 Å². The lowest BCUT2D eigenvalue weighted by Gasteiger charge is -2.10. The van der Waals surface area contributed by atoms with E-state index in [0.717, 1.165) is 0 Å². The van der Waals surface area contributed by atoms with Crippen molar-refractivity contribution in [2.45, 2.75) is 47.5 Å². The molecule has 0 bridgehead atoms. The van der Waals surface area contributed by atoms with Crippen LogP contribution >= 0.6 is 0 Å². The summed E-state index contributed by atoms with van der Waals surface area (Å²) in [5.74, 6) is 0.564. The molecule has 0 radical (unpaired) electrons. The Balaban J connectivity index is 3.11. The summed E-state index contributed by atoms with van der Waals surface area (Å²) in [5, 5.41) is 1.45. The van der Waals surface area contributed by atoms with Crippen molar-refractivity contribution < 1.29 is 4.57 Å². The molecule has 0 unspecified atom stereocenters. The summed E-state index contributed by atoms with van der Waals surface area (Å²) in [6.07, 6.45) is 0. The molecular formula is C16H25N2+. The Morgan fingerprint density at radius 3 is 2.06 bits per heavy atom. The maximum Gasteiger partial charge on any atom is 0.289 e. The van der Waals surface area contributed by atoms with Gasteiger partial charge in [0.1, 0.15) is 11.4 Å². The van der Waals surface area contributed by atoms with Crippen LogP contribution in [0.5, 0.6) is 0 Å². The Morgan fingerprint density at radius 2 is 1.56 bits per heavy atom. The van der Waals surface area contributed by atoms with Gasteiger partial charge < -0.3 is 0 Å². The van der Waals surface area contributed by atoms with E-state index in [1.165, 1.54) is 39.1 Å². The molecule has 0 amide bonds. The summed E-state index contributed by atoms with van der Waals surface area (Å²) in [7, 11) is 4.35. The fraction of sp³-hybridized carbons (Fsp3) is 0.562. The molecule has 0 atom stereocenters. The van der Waals surface area contributed by atoms with Crippen molar-refractivity contribution >= 4 is 11.0 Å². The van der Waals surface area contributed by atoms with Crippen LogP contribution < -0.4 is 4.57 Å². The van der Waals surface area contributed by atoms with Crippen LogP contribution in [0.2, 0.25) is 0 Å². The first-order valence-corrected chi connectivity index (χ1v) is 6.73. The van der Waals surface area contributed by atoms with Gasteiger partial charge in [0.25, 0.3) is 5.65 Å². The first-order chi connectivity index (χ1) is 8.29. The van der Waals surface area contributed by atoms with E-state index in [2.05, 4.69) is 64.8 Å². The summed E-state index contributed by atoms with van der Waals surface area (Å²) < 4.78 is 4.67. The third-order valence-corrected chi connectivity index (χ3v) is 4.58. The second kappa shape index (κ2) is 4.11. The van der Waals surface area contributed by atoms with Gasteiger partial charge in [0.15, 0.2) is 0 Å². The van der Waals surface area contributed by atoms with Gasteiger partial charge in [-0.25, -0.2) is 9.13 Å². The van der Waals surface area contributed by atoms with Crippen molar-refractivity contribution in [3.63, 3.8) is 0 Å². The highest BCUT2D eigenvalue weighted by atomic mass is 15.1. The number of hydrogen-bond donors (Lipinski definition) is 0. The molecule has 2 aromatic rings. The molecule has 0 aliphatic carbocycles. The highest BCUT2D eigenvalue weighted by Gasteiger charge is 2.26. The molecule has 2 nitrogen and oxygen atoms in total. The van der Waals surface area contributed by atoms with Crippen molar-refractivity contribution in [2.75, 3.05) is 0 Å². The molecule has 0 spiro atoms. The smallest absolute Gasteiger partial charge is 0.234 e. The standard InChI is InChI=1S/C16H25N2/c1-9(2)14-13(6)18(8)16-15(14)11(4)10(3)12(5)17(16)7/h9H,1-8H3/q+1. The van der Waals surface area contributed by atoms with E-state index in [9.17, 15) is 0 Å². The molecule has 0 N–H and O–H groups in total. The number of pyridine rings is 1. The van der Waals surface area contributed by atoms with Crippen LogP contribution in [0.4, 0.5) is 0 Å². The van der Waals surface area contributed by atoms with Gasteiger partial charge in [-0.05, 0) is 44.7 Å². The number of nitrogens with zero attached hydrogens (tertiary/aromatic N) is 2. The van der Waals surface area contributed by atoms with Crippen molar-refractivity contribution in [1.29, 1.82) is 0 Å². The first-order valence-electron chi connectivity index (χ1n) is 6.73. The van der Waals surface area contributed by atoms with Crippen molar-refractivity contribution in [1.82, 2.24) is 4.57 Å². The quantitative estimate of drug-likeness (QED) is 0.681. The molecule has 2 heterocycles. The van der Waals surface area contributed by atoms with E-state index in [1.54, 1.807) is 0 Å². The van der Waals surface area contributed by atoms with Gasteiger partial charge in [-0.2, -0.15) is 0 Å². The molecule has 0 saturated carbocycles. The van der Waals surface area contributed by atoms with E-state index >= 15 is 0 Å². The van der Waals surface area contributed by atoms with Crippen LogP contribution in [-0.4, -0.2) is 4.57 Å². The van der Waals surface area contributed by atoms with Crippen LogP contribution in [0.1, 0.15) is 47.8 Å². The molecule has 0 aliphatic rings. The van der Waals surface area contributed by atoms with E-state index < -0.39 is 0 Å². The molecule has 0 aliphatic heterocycles. The molecule has 0 fully saturated rings. The van der Waals surface area contributed by atoms with Crippen LogP contribution in [0.15, 0.2) is 0 Å². The fourth-order valence-electron chi connectivity index (χ4n) is 3.15. The zero-order chi connectivity index (χ0) is 13.8. The lowest BCUT2D eigenvalue weighted by Crippen LogP contribution is -2.36. The zero-order valence-corrected chi connectivity index (χ0v) is 13.0. The Labute approximate surface area is 110 Å². The average Bonchev–Trinajstić information content (AvgIpc) is 2.57. The van der Waals surface area contributed by atoms with Crippen molar-refractivity contribution in [2.24, 2.45) is 14.1 Å². The van der Waals surface area contributed by atoms with Crippen molar-refractivity contribution in [3.05, 3.63) is 28.1 Å². The Hall–Kier alpha value is -1.31. The van der Waals surface area contributed by atoms with Gasteiger partial charge in [-0.15, -0.1) is 0 Å². The summed E-state index contributed by atoms with van der Waals surface area (Å²) in [5.41, 5.74) is 8.45. The number of hydrogen-bond acceptors (Lipinski definition) is 0. The molecular weight excluding hydrogens is 220 g/mol. The van der Waals surface area contributed by atoms with Gasteiger partial charge in [0.2, 0.25) is 0 Å². The van der Waals surface area contributed by atoms with Crippen LogP contribution in [0.25, 0.3) is 11.0 Å². The van der Waals surface area contributed by atoms with Crippen molar-refractivity contribution in [3.8, 4) is 0 Å². The SMILES string of the molecule is Cc1c(C)c2c(C(C)C)c(C)n(C)c2[n+](C)c1C. The fourth-order valence-corrected chi connectivity index (χ4v) is 3.15.